The average Bonchev–Trinajstić information content (AvgIpc) is 1.82. The van der Waals surface area contributed by atoms with Gasteiger partial charge in [-0.05, 0) is 13.8 Å². The lowest BCUT2D eigenvalue weighted by Crippen LogP contribution is -2.28. The van der Waals surface area contributed by atoms with Crippen LogP contribution in [0.2, 0.25) is 0 Å². The van der Waals surface area contributed by atoms with E-state index in [1.807, 2.05) is 0 Å². The second kappa shape index (κ2) is 4.32. The molecule has 0 heterocycles. The van der Waals surface area contributed by atoms with Gasteiger partial charge in [-0.15, -0.1) is 11.8 Å². The first-order valence-electron chi connectivity index (χ1n) is 3.70. The van der Waals surface area contributed by atoms with Crippen LogP contribution in [0.1, 0.15) is 13.8 Å². The van der Waals surface area contributed by atoms with Crippen LogP contribution in [0.5, 0.6) is 0 Å². The van der Waals surface area contributed by atoms with E-state index in [1.165, 1.54) is 0 Å². The summed E-state index contributed by atoms with van der Waals surface area (Å²) >= 11 is 1.13. The molecule has 1 N–H and O–H groups in total. The molecule has 0 unspecified atom stereocenters. The number of thioether (sulfide) groups is 1. The van der Waals surface area contributed by atoms with E-state index in [2.05, 4.69) is 0 Å². The topological polar surface area (TPSA) is 71.4 Å². The van der Waals surface area contributed by atoms with Gasteiger partial charge < -0.3 is 5.11 Å². The minimum atomic E-state index is -2.99. The Morgan fingerprint density at radius 2 is 1.92 bits per heavy atom. The predicted molar refractivity (Wildman–Crippen MR) is 53.9 cm³/mol. The first-order valence-corrected chi connectivity index (χ1v) is 6.75. The molecule has 0 bridgehead atoms. The molecule has 0 aromatic carbocycles. The van der Waals surface area contributed by atoms with Crippen molar-refractivity contribution < 1.29 is 18.3 Å². The fourth-order valence-corrected chi connectivity index (χ4v) is 2.69. The summed E-state index contributed by atoms with van der Waals surface area (Å²) in [4.78, 5) is 10.6. The van der Waals surface area contributed by atoms with Crippen LogP contribution in [0.25, 0.3) is 0 Å². The Kier molecular flexibility index (Phi) is 4.25. The summed E-state index contributed by atoms with van der Waals surface area (Å²) in [7, 11) is -2.99. The molecule has 0 aliphatic heterocycles. The van der Waals surface area contributed by atoms with Crippen molar-refractivity contribution in [2.24, 2.45) is 0 Å². The van der Waals surface area contributed by atoms with E-state index in [-0.39, 0.29) is 5.75 Å². The predicted octanol–water partition coefficient (Wildman–Crippen LogP) is 0.627. The third-order valence-electron chi connectivity index (χ3n) is 1.43. The van der Waals surface area contributed by atoms with E-state index in [1.54, 1.807) is 13.8 Å². The lowest BCUT2D eigenvalue weighted by Gasteiger charge is -2.17. The standard InChI is InChI=1S/C7H14O4S2/c1-7(2,6(8)9)12-4-5-13(3,10)11/h4-5H2,1-3H3,(H,8,9). The molecule has 0 fully saturated rings. The summed E-state index contributed by atoms with van der Waals surface area (Å²) in [5, 5.41) is 8.70. The summed E-state index contributed by atoms with van der Waals surface area (Å²) in [5.41, 5.74) is 0. The smallest absolute Gasteiger partial charge is 0.319 e. The van der Waals surface area contributed by atoms with E-state index in [4.69, 9.17) is 5.11 Å². The average molecular weight is 226 g/mol. The number of hydrogen-bond donors (Lipinski definition) is 1. The number of carbonyl (C=O) groups is 1. The van der Waals surface area contributed by atoms with E-state index in [9.17, 15) is 13.2 Å². The number of carboxylic acid groups (broad SMARTS) is 1. The zero-order valence-electron chi connectivity index (χ0n) is 7.90. The van der Waals surface area contributed by atoms with Gasteiger partial charge in [-0.2, -0.15) is 0 Å². The molecule has 0 radical (unpaired) electrons. The van der Waals surface area contributed by atoms with Crippen LogP contribution in [0.4, 0.5) is 0 Å². The maximum absolute atomic E-state index is 10.7. The van der Waals surface area contributed by atoms with Crippen molar-refractivity contribution in [1.82, 2.24) is 0 Å². The largest absolute Gasteiger partial charge is 0.480 e. The molecule has 4 nitrogen and oxygen atoms in total. The third-order valence-corrected chi connectivity index (χ3v) is 3.94. The van der Waals surface area contributed by atoms with Gasteiger partial charge in [0.25, 0.3) is 0 Å². The summed E-state index contributed by atoms with van der Waals surface area (Å²) < 4.78 is 20.5. The highest BCUT2D eigenvalue weighted by atomic mass is 32.2. The molecule has 0 saturated carbocycles. The minimum absolute atomic E-state index is 0.0222. The number of carboxylic acids is 1. The molecule has 6 heteroatoms. The molecule has 0 aromatic heterocycles. The summed E-state index contributed by atoms with van der Waals surface area (Å²) in [6, 6.07) is 0. The maximum atomic E-state index is 10.7. The molecular formula is C7H14O4S2. The van der Waals surface area contributed by atoms with Crippen LogP contribution in [0.15, 0.2) is 0 Å². The first-order chi connectivity index (χ1) is 5.65. The Labute approximate surface area is 82.6 Å². The van der Waals surface area contributed by atoms with Gasteiger partial charge >= 0.3 is 5.97 Å². The van der Waals surface area contributed by atoms with Crippen molar-refractivity contribution in [2.75, 3.05) is 17.8 Å². The molecule has 0 rings (SSSR count). The summed E-state index contributed by atoms with van der Waals surface area (Å²) in [5.74, 6) is -0.585. The molecule has 0 atom stereocenters. The molecule has 0 aromatic rings. The van der Waals surface area contributed by atoms with Crippen LogP contribution in [-0.4, -0.2) is 42.0 Å². The Bertz CT molecular complexity index is 279. The Morgan fingerprint density at radius 3 is 2.23 bits per heavy atom. The number of hydrogen-bond acceptors (Lipinski definition) is 4. The number of sulfone groups is 1. The lowest BCUT2D eigenvalue weighted by atomic mass is 10.2. The van der Waals surface area contributed by atoms with E-state index >= 15 is 0 Å². The van der Waals surface area contributed by atoms with Crippen molar-refractivity contribution in [3.63, 3.8) is 0 Å². The lowest BCUT2D eigenvalue weighted by molar-refractivity contribution is -0.138. The van der Waals surface area contributed by atoms with Gasteiger partial charge in [0.1, 0.15) is 14.6 Å². The van der Waals surface area contributed by atoms with Gasteiger partial charge in [0, 0.05) is 12.0 Å². The van der Waals surface area contributed by atoms with Crippen LogP contribution in [0.3, 0.4) is 0 Å². The van der Waals surface area contributed by atoms with E-state index in [0.717, 1.165) is 18.0 Å². The molecule has 0 saturated heterocycles. The van der Waals surface area contributed by atoms with Crippen molar-refractivity contribution in [3.05, 3.63) is 0 Å². The SMILES string of the molecule is CC(C)(SCCS(C)(=O)=O)C(=O)O. The second-order valence-electron chi connectivity index (χ2n) is 3.29. The quantitative estimate of drug-likeness (QED) is 0.744. The van der Waals surface area contributed by atoms with E-state index < -0.39 is 20.6 Å². The summed E-state index contributed by atoms with van der Waals surface area (Å²) in [6.45, 7) is 3.12. The fourth-order valence-electron chi connectivity index (χ4n) is 0.510. The van der Waals surface area contributed by atoms with E-state index in [0.29, 0.717) is 5.75 Å². The Morgan fingerprint density at radius 1 is 1.46 bits per heavy atom. The van der Waals surface area contributed by atoms with Crippen LogP contribution >= 0.6 is 11.8 Å². The van der Waals surface area contributed by atoms with Crippen LogP contribution in [0, 0.1) is 0 Å². The molecule has 0 aliphatic rings. The molecular weight excluding hydrogens is 212 g/mol. The number of aliphatic carboxylic acids is 1. The zero-order chi connectivity index (χ0) is 10.7. The van der Waals surface area contributed by atoms with Gasteiger partial charge in [-0.25, -0.2) is 8.42 Å². The van der Waals surface area contributed by atoms with Gasteiger partial charge in [0.05, 0.1) is 5.75 Å². The van der Waals surface area contributed by atoms with Gasteiger partial charge in [-0.1, -0.05) is 0 Å². The molecule has 0 amide bonds. The zero-order valence-corrected chi connectivity index (χ0v) is 9.54. The van der Waals surface area contributed by atoms with Gasteiger partial charge in [-0.3, -0.25) is 4.79 Å². The maximum Gasteiger partial charge on any atom is 0.319 e. The fraction of sp³-hybridized carbons (Fsp3) is 0.857. The molecule has 13 heavy (non-hydrogen) atoms. The highest BCUT2D eigenvalue weighted by molar-refractivity contribution is 8.02. The third kappa shape index (κ3) is 5.93. The Hall–Kier alpha value is -0.230. The molecule has 78 valence electrons. The normalized spacial score (nSPS) is 12.8. The Balaban J connectivity index is 3.98. The van der Waals surface area contributed by atoms with Crippen LogP contribution in [-0.2, 0) is 14.6 Å². The minimum Gasteiger partial charge on any atom is -0.480 e. The highest BCUT2D eigenvalue weighted by Gasteiger charge is 2.27. The monoisotopic (exact) mass is 226 g/mol. The van der Waals surface area contributed by atoms with Crippen LogP contribution < -0.4 is 0 Å². The second-order valence-corrected chi connectivity index (χ2v) is 7.27. The van der Waals surface area contributed by atoms with Crippen molar-refractivity contribution in [1.29, 1.82) is 0 Å². The molecule has 0 spiro atoms. The summed E-state index contributed by atoms with van der Waals surface area (Å²) in [6.07, 6.45) is 1.14. The van der Waals surface area contributed by atoms with Gasteiger partial charge in [0.15, 0.2) is 0 Å². The number of rotatable bonds is 5. The van der Waals surface area contributed by atoms with Crippen molar-refractivity contribution in [2.45, 2.75) is 18.6 Å². The molecule has 0 aliphatic carbocycles. The highest BCUT2D eigenvalue weighted by Crippen LogP contribution is 2.24. The van der Waals surface area contributed by atoms with Crippen molar-refractivity contribution in [3.8, 4) is 0 Å². The van der Waals surface area contributed by atoms with Crippen molar-refractivity contribution >= 4 is 27.6 Å². The van der Waals surface area contributed by atoms with Gasteiger partial charge in [0.2, 0.25) is 0 Å². The first kappa shape index (κ1) is 12.8.